The summed E-state index contributed by atoms with van der Waals surface area (Å²) in [5.74, 6) is -0.697. The Hall–Kier alpha value is -0.870. The Morgan fingerprint density at radius 2 is 1.08 bits per heavy atom. The van der Waals surface area contributed by atoms with E-state index in [4.69, 9.17) is 5.11 Å². The maximum Gasteiger partial charge on any atom is 0.303 e. The average molecular weight is 371 g/mol. The Labute approximate surface area is 160 Å². The molecule has 0 radical (unpaired) electrons. The van der Waals surface area contributed by atoms with Crippen molar-refractivity contribution in [1.29, 1.82) is 0 Å². The number of aliphatic hydroxyl groups excluding tert-OH is 2. The second kappa shape index (κ2) is 18.9. The molecule has 0 aliphatic carbocycles. The number of hydrogen-bond donors (Lipinski definition) is 3. The standard InChI is InChI=1S/C22H42O4/c1-2-3-4-9-12-15-20(23)18-19-21(24)16-13-10-7-5-6-8-11-14-17-22(25)26/h18-21,23-24H,2-17H2,1H3,(H,25,26)/b19-18+/t20-,21-/m0/s1. The largest absolute Gasteiger partial charge is 0.481 e. The maximum atomic E-state index is 10.4. The minimum Gasteiger partial charge on any atom is -0.481 e. The van der Waals surface area contributed by atoms with Gasteiger partial charge in [-0.2, -0.15) is 0 Å². The molecule has 0 saturated carbocycles. The quantitative estimate of drug-likeness (QED) is 0.204. The second-order valence-electron chi connectivity index (χ2n) is 7.48. The van der Waals surface area contributed by atoms with Crippen LogP contribution in [0.5, 0.6) is 0 Å². The Balaban J connectivity index is 3.41. The van der Waals surface area contributed by atoms with Crippen molar-refractivity contribution in [2.24, 2.45) is 0 Å². The van der Waals surface area contributed by atoms with Gasteiger partial charge in [-0.1, -0.05) is 96.1 Å². The third kappa shape index (κ3) is 19.5. The molecule has 0 aliphatic heterocycles. The van der Waals surface area contributed by atoms with Crippen molar-refractivity contribution in [1.82, 2.24) is 0 Å². The highest BCUT2D eigenvalue weighted by Crippen LogP contribution is 2.12. The fraction of sp³-hybridized carbons (Fsp3) is 0.864. The Morgan fingerprint density at radius 1 is 0.692 bits per heavy atom. The molecule has 0 saturated heterocycles. The Kier molecular flexibility index (Phi) is 18.3. The van der Waals surface area contributed by atoms with Crippen molar-refractivity contribution in [2.75, 3.05) is 0 Å². The summed E-state index contributed by atoms with van der Waals surface area (Å²) in [7, 11) is 0. The van der Waals surface area contributed by atoms with Crippen molar-refractivity contribution < 1.29 is 20.1 Å². The van der Waals surface area contributed by atoms with Crippen LogP contribution in [-0.4, -0.2) is 33.5 Å². The van der Waals surface area contributed by atoms with E-state index in [1.165, 1.54) is 44.9 Å². The normalized spacial score (nSPS) is 14.0. The van der Waals surface area contributed by atoms with Gasteiger partial charge >= 0.3 is 5.97 Å². The lowest BCUT2D eigenvalue weighted by atomic mass is 10.0. The van der Waals surface area contributed by atoms with Crippen LogP contribution in [-0.2, 0) is 4.79 Å². The summed E-state index contributed by atoms with van der Waals surface area (Å²) in [5, 5.41) is 28.4. The molecule has 0 spiro atoms. The first-order chi connectivity index (χ1) is 12.6. The fourth-order valence-corrected chi connectivity index (χ4v) is 3.10. The number of carboxylic acid groups (broad SMARTS) is 1. The average Bonchev–Trinajstić information content (AvgIpc) is 2.61. The zero-order valence-corrected chi connectivity index (χ0v) is 16.9. The molecule has 0 heterocycles. The summed E-state index contributed by atoms with van der Waals surface area (Å²) >= 11 is 0. The van der Waals surface area contributed by atoms with Gasteiger partial charge in [0.25, 0.3) is 0 Å². The molecule has 2 atom stereocenters. The van der Waals surface area contributed by atoms with Gasteiger partial charge in [0, 0.05) is 6.42 Å². The van der Waals surface area contributed by atoms with E-state index in [-0.39, 0.29) is 0 Å². The van der Waals surface area contributed by atoms with Gasteiger partial charge in [0.05, 0.1) is 12.2 Å². The van der Waals surface area contributed by atoms with E-state index in [9.17, 15) is 15.0 Å². The van der Waals surface area contributed by atoms with Gasteiger partial charge in [-0.3, -0.25) is 4.79 Å². The molecule has 0 unspecified atom stereocenters. The van der Waals surface area contributed by atoms with E-state index < -0.39 is 18.2 Å². The molecular formula is C22H42O4. The van der Waals surface area contributed by atoms with Gasteiger partial charge in [0.15, 0.2) is 0 Å². The van der Waals surface area contributed by atoms with Crippen molar-refractivity contribution in [2.45, 2.75) is 122 Å². The number of aliphatic hydroxyl groups is 2. The minimum atomic E-state index is -0.697. The first-order valence-electron chi connectivity index (χ1n) is 10.8. The van der Waals surface area contributed by atoms with Crippen molar-refractivity contribution in [3.8, 4) is 0 Å². The topological polar surface area (TPSA) is 77.8 Å². The Bertz CT molecular complexity index is 341. The zero-order chi connectivity index (χ0) is 19.5. The van der Waals surface area contributed by atoms with E-state index in [0.717, 1.165) is 51.4 Å². The van der Waals surface area contributed by atoms with Crippen LogP contribution < -0.4 is 0 Å². The molecule has 0 amide bonds. The van der Waals surface area contributed by atoms with E-state index in [0.29, 0.717) is 6.42 Å². The van der Waals surface area contributed by atoms with Gasteiger partial charge in [-0.05, 0) is 19.3 Å². The van der Waals surface area contributed by atoms with Gasteiger partial charge < -0.3 is 15.3 Å². The van der Waals surface area contributed by atoms with E-state index in [2.05, 4.69) is 6.92 Å². The van der Waals surface area contributed by atoms with Gasteiger partial charge in [0.2, 0.25) is 0 Å². The monoisotopic (exact) mass is 370 g/mol. The van der Waals surface area contributed by atoms with Crippen LogP contribution in [0.15, 0.2) is 12.2 Å². The summed E-state index contributed by atoms with van der Waals surface area (Å²) in [6.07, 6.45) is 19.1. The first-order valence-corrected chi connectivity index (χ1v) is 10.8. The smallest absolute Gasteiger partial charge is 0.303 e. The predicted octanol–water partition coefficient (Wildman–Crippen LogP) is 5.61. The molecule has 0 aromatic carbocycles. The lowest BCUT2D eigenvalue weighted by molar-refractivity contribution is -0.137. The number of rotatable bonds is 19. The lowest BCUT2D eigenvalue weighted by Crippen LogP contribution is -2.06. The van der Waals surface area contributed by atoms with Crippen LogP contribution in [0.1, 0.15) is 110 Å². The van der Waals surface area contributed by atoms with E-state index >= 15 is 0 Å². The summed E-state index contributed by atoms with van der Waals surface area (Å²) < 4.78 is 0. The molecule has 0 fully saturated rings. The summed E-state index contributed by atoms with van der Waals surface area (Å²) in [4.78, 5) is 10.4. The highest BCUT2D eigenvalue weighted by molar-refractivity contribution is 5.66. The number of unbranched alkanes of at least 4 members (excludes halogenated alkanes) is 11. The van der Waals surface area contributed by atoms with Gasteiger partial charge in [0.1, 0.15) is 0 Å². The van der Waals surface area contributed by atoms with Crippen molar-refractivity contribution >= 4 is 5.97 Å². The number of aliphatic carboxylic acids is 1. The molecule has 0 rings (SSSR count). The highest BCUT2D eigenvalue weighted by Gasteiger charge is 2.03. The molecule has 4 heteroatoms. The maximum absolute atomic E-state index is 10.4. The number of carboxylic acids is 1. The molecule has 4 nitrogen and oxygen atoms in total. The van der Waals surface area contributed by atoms with Crippen molar-refractivity contribution in [3.63, 3.8) is 0 Å². The number of hydrogen-bond acceptors (Lipinski definition) is 3. The summed E-state index contributed by atoms with van der Waals surface area (Å²) in [5.41, 5.74) is 0. The zero-order valence-electron chi connectivity index (χ0n) is 16.9. The molecule has 154 valence electrons. The third-order valence-corrected chi connectivity index (χ3v) is 4.80. The van der Waals surface area contributed by atoms with Crippen molar-refractivity contribution in [3.05, 3.63) is 12.2 Å². The molecular weight excluding hydrogens is 328 g/mol. The van der Waals surface area contributed by atoms with Gasteiger partial charge in [-0.15, -0.1) is 0 Å². The molecule has 26 heavy (non-hydrogen) atoms. The van der Waals surface area contributed by atoms with Crippen LogP contribution in [0.4, 0.5) is 0 Å². The summed E-state index contributed by atoms with van der Waals surface area (Å²) in [6.45, 7) is 2.20. The summed E-state index contributed by atoms with van der Waals surface area (Å²) in [6, 6.07) is 0. The SMILES string of the molecule is CCCCCCC[C@H](O)/C=C/[C@@H](O)CCCCCCCCCCC(=O)O. The minimum absolute atomic E-state index is 0.291. The fourth-order valence-electron chi connectivity index (χ4n) is 3.10. The van der Waals surface area contributed by atoms with E-state index in [1.807, 2.05) is 0 Å². The Morgan fingerprint density at radius 3 is 1.50 bits per heavy atom. The van der Waals surface area contributed by atoms with Crippen LogP contribution in [0.2, 0.25) is 0 Å². The number of carbonyl (C=O) groups is 1. The third-order valence-electron chi connectivity index (χ3n) is 4.80. The highest BCUT2D eigenvalue weighted by atomic mass is 16.4. The van der Waals surface area contributed by atoms with Crippen LogP contribution in [0.25, 0.3) is 0 Å². The van der Waals surface area contributed by atoms with Crippen LogP contribution in [0.3, 0.4) is 0 Å². The van der Waals surface area contributed by atoms with Crippen LogP contribution in [0, 0.1) is 0 Å². The molecule has 3 N–H and O–H groups in total. The molecule has 0 aromatic heterocycles. The molecule has 0 aliphatic rings. The van der Waals surface area contributed by atoms with Gasteiger partial charge in [-0.25, -0.2) is 0 Å². The lowest BCUT2D eigenvalue weighted by Gasteiger charge is -2.08. The van der Waals surface area contributed by atoms with Crippen LogP contribution >= 0.6 is 0 Å². The molecule has 0 aromatic rings. The van der Waals surface area contributed by atoms with E-state index in [1.54, 1.807) is 12.2 Å². The predicted molar refractivity (Wildman–Crippen MR) is 108 cm³/mol. The first kappa shape index (κ1) is 25.1. The second-order valence-corrected chi connectivity index (χ2v) is 7.48. The molecule has 0 bridgehead atoms.